The fourth-order valence-corrected chi connectivity index (χ4v) is 1.93. The van der Waals surface area contributed by atoms with Crippen molar-refractivity contribution >= 4 is 11.7 Å². The van der Waals surface area contributed by atoms with E-state index in [1.807, 2.05) is 0 Å². The molecule has 0 amide bonds. The molecule has 2 rings (SSSR count). The molecule has 2 aromatic carbocycles. The minimum atomic E-state index is -4.40. The average molecular weight is 295 g/mol. The maximum Gasteiger partial charge on any atom is 0.416 e. The lowest BCUT2D eigenvalue weighted by Gasteiger charge is -2.11. The summed E-state index contributed by atoms with van der Waals surface area (Å²) in [6.07, 6.45) is -4.40. The van der Waals surface area contributed by atoms with E-state index < -0.39 is 17.7 Å². The molecule has 0 aliphatic rings. The Morgan fingerprint density at radius 2 is 1.71 bits per heavy atom. The molecule has 0 aliphatic carbocycles. The van der Waals surface area contributed by atoms with E-state index in [4.69, 9.17) is 5.73 Å². The van der Waals surface area contributed by atoms with Gasteiger partial charge in [-0.3, -0.25) is 0 Å². The van der Waals surface area contributed by atoms with Crippen molar-refractivity contribution in [3.8, 4) is 11.1 Å². The SMILES string of the molecule is COC(=O)c1ccc(N)cc1-c1ccc(C(F)(F)F)cc1. The Hall–Kier alpha value is -2.50. The molecule has 0 atom stereocenters. The summed E-state index contributed by atoms with van der Waals surface area (Å²) in [6, 6.07) is 9.04. The van der Waals surface area contributed by atoms with Gasteiger partial charge in [-0.05, 0) is 41.5 Å². The van der Waals surface area contributed by atoms with Gasteiger partial charge < -0.3 is 10.5 Å². The third kappa shape index (κ3) is 3.16. The van der Waals surface area contributed by atoms with Crippen LogP contribution in [0.5, 0.6) is 0 Å². The number of methoxy groups -OCH3 is 1. The molecule has 21 heavy (non-hydrogen) atoms. The molecule has 0 bridgehead atoms. The van der Waals surface area contributed by atoms with Crippen molar-refractivity contribution < 1.29 is 22.7 Å². The van der Waals surface area contributed by atoms with Gasteiger partial charge in [-0.2, -0.15) is 13.2 Å². The van der Waals surface area contributed by atoms with Gasteiger partial charge in [-0.1, -0.05) is 12.1 Å². The molecule has 0 unspecified atom stereocenters. The molecule has 110 valence electrons. The minimum Gasteiger partial charge on any atom is -0.465 e. The molecule has 0 fully saturated rings. The maximum atomic E-state index is 12.6. The molecule has 0 spiro atoms. The van der Waals surface area contributed by atoms with Crippen molar-refractivity contribution in [1.29, 1.82) is 0 Å². The maximum absolute atomic E-state index is 12.6. The predicted octanol–water partition coefficient (Wildman–Crippen LogP) is 3.74. The van der Waals surface area contributed by atoms with Crippen LogP contribution >= 0.6 is 0 Å². The zero-order valence-electron chi connectivity index (χ0n) is 11.1. The van der Waals surface area contributed by atoms with Gasteiger partial charge in [0.05, 0.1) is 18.2 Å². The highest BCUT2D eigenvalue weighted by atomic mass is 19.4. The number of esters is 1. The molecule has 0 aromatic heterocycles. The van der Waals surface area contributed by atoms with E-state index in [1.165, 1.54) is 37.4 Å². The molecule has 0 saturated carbocycles. The number of hydrogen-bond acceptors (Lipinski definition) is 3. The Morgan fingerprint density at radius 1 is 1.10 bits per heavy atom. The van der Waals surface area contributed by atoms with Gasteiger partial charge >= 0.3 is 12.1 Å². The van der Waals surface area contributed by atoms with Crippen LogP contribution in [0.4, 0.5) is 18.9 Å². The van der Waals surface area contributed by atoms with E-state index in [-0.39, 0.29) is 5.56 Å². The summed E-state index contributed by atoms with van der Waals surface area (Å²) >= 11 is 0. The van der Waals surface area contributed by atoms with E-state index in [2.05, 4.69) is 4.74 Å². The first kappa shape index (κ1) is 14.9. The number of carbonyl (C=O) groups excluding carboxylic acids is 1. The molecule has 0 radical (unpaired) electrons. The molecule has 0 aliphatic heterocycles. The van der Waals surface area contributed by atoms with Gasteiger partial charge in [0, 0.05) is 5.69 Å². The van der Waals surface area contributed by atoms with Crippen LogP contribution in [-0.2, 0) is 10.9 Å². The van der Waals surface area contributed by atoms with Crippen molar-refractivity contribution in [2.24, 2.45) is 0 Å². The number of alkyl halides is 3. The lowest BCUT2D eigenvalue weighted by atomic mass is 9.98. The van der Waals surface area contributed by atoms with E-state index in [1.54, 1.807) is 0 Å². The number of ether oxygens (including phenoxy) is 1. The van der Waals surface area contributed by atoms with Crippen LogP contribution < -0.4 is 5.73 Å². The lowest BCUT2D eigenvalue weighted by molar-refractivity contribution is -0.137. The van der Waals surface area contributed by atoms with Crippen LogP contribution in [0.3, 0.4) is 0 Å². The molecule has 0 heterocycles. The topological polar surface area (TPSA) is 52.3 Å². The number of benzene rings is 2. The lowest BCUT2D eigenvalue weighted by Crippen LogP contribution is -2.06. The van der Waals surface area contributed by atoms with Gasteiger partial charge in [0.15, 0.2) is 0 Å². The highest BCUT2D eigenvalue weighted by molar-refractivity contribution is 5.98. The molecule has 6 heteroatoms. The molecular formula is C15H12F3NO2. The van der Waals surface area contributed by atoms with Crippen molar-refractivity contribution in [3.63, 3.8) is 0 Å². The van der Waals surface area contributed by atoms with Crippen LogP contribution in [0.15, 0.2) is 42.5 Å². The normalized spacial score (nSPS) is 11.2. The first-order valence-corrected chi connectivity index (χ1v) is 5.98. The van der Waals surface area contributed by atoms with E-state index in [0.29, 0.717) is 16.8 Å². The summed E-state index contributed by atoms with van der Waals surface area (Å²) in [5.41, 5.74) is 6.44. The first-order valence-electron chi connectivity index (χ1n) is 5.98. The van der Waals surface area contributed by atoms with Crippen LogP contribution in [-0.4, -0.2) is 13.1 Å². The van der Waals surface area contributed by atoms with Gasteiger partial charge in [0.1, 0.15) is 0 Å². The second kappa shape index (κ2) is 5.47. The number of nitrogen functional groups attached to an aromatic ring is 1. The first-order chi connectivity index (χ1) is 9.82. The largest absolute Gasteiger partial charge is 0.465 e. The zero-order valence-corrected chi connectivity index (χ0v) is 11.1. The Labute approximate surface area is 119 Å². The van der Waals surface area contributed by atoms with Crippen molar-refractivity contribution in [3.05, 3.63) is 53.6 Å². The highest BCUT2D eigenvalue weighted by Crippen LogP contribution is 2.32. The van der Waals surface area contributed by atoms with E-state index >= 15 is 0 Å². The molecular weight excluding hydrogens is 283 g/mol. The number of rotatable bonds is 2. The molecule has 2 N–H and O–H groups in total. The van der Waals surface area contributed by atoms with E-state index in [0.717, 1.165) is 12.1 Å². The number of halogens is 3. The van der Waals surface area contributed by atoms with Crippen LogP contribution in [0, 0.1) is 0 Å². The summed E-state index contributed by atoms with van der Waals surface area (Å²) < 4.78 is 42.3. The number of carbonyl (C=O) groups is 1. The Bertz CT molecular complexity index is 664. The summed E-state index contributed by atoms with van der Waals surface area (Å²) in [6.45, 7) is 0. The van der Waals surface area contributed by atoms with Crippen molar-refractivity contribution in [2.75, 3.05) is 12.8 Å². The van der Waals surface area contributed by atoms with Crippen molar-refractivity contribution in [2.45, 2.75) is 6.18 Å². The zero-order chi connectivity index (χ0) is 15.6. The molecule has 0 saturated heterocycles. The smallest absolute Gasteiger partial charge is 0.416 e. The second-order valence-corrected chi connectivity index (χ2v) is 4.37. The van der Waals surface area contributed by atoms with Gasteiger partial charge in [-0.25, -0.2) is 4.79 Å². The third-order valence-corrected chi connectivity index (χ3v) is 2.97. The highest BCUT2D eigenvalue weighted by Gasteiger charge is 2.30. The quantitative estimate of drug-likeness (QED) is 0.678. The third-order valence-electron chi connectivity index (χ3n) is 2.97. The van der Waals surface area contributed by atoms with Crippen LogP contribution in [0.25, 0.3) is 11.1 Å². The average Bonchev–Trinajstić information content (AvgIpc) is 2.45. The number of anilines is 1. The van der Waals surface area contributed by atoms with Gasteiger partial charge in [0.25, 0.3) is 0 Å². The number of hydrogen-bond donors (Lipinski definition) is 1. The standard InChI is InChI=1S/C15H12F3NO2/c1-21-14(20)12-7-6-11(19)8-13(12)9-2-4-10(5-3-9)15(16,17)18/h2-8H,19H2,1H3. The monoisotopic (exact) mass is 295 g/mol. The van der Waals surface area contributed by atoms with Gasteiger partial charge in [0.2, 0.25) is 0 Å². The Morgan fingerprint density at radius 3 is 2.24 bits per heavy atom. The van der Waals surface area contributed by atoms with Gasteiger partial charge in [-0.15, -0.1) is 0 Å². The summed E-state index contributed by atoms with van der Waals surface area (Å²) in [7, 11) is 1.23. The molecule has 3 nitrogen and oxygen atoms in total. The second-order valence-electron chi connectivity index (χ2n) is 4.37. The fourth-order valence-electron chi connectivity index (χ4n) is 1.93. The summed E-state index contributed by atoms with van der Waals surface area (Å²) in [4.78, 5) is 11.7. The summed E-state index contributed by atoms with van der Waals surface area (Å²) in [5, 5.41) is 0. The molecule has 2 aromatic rings. The Balaban J connectivity index is 2.51. The minimum absolute atomic E-state index is 0.242. The van der Waals surface area contributed by atoms with Crippen molar-refractivity contribution in [1.82, 2.24) is 0 Å². The predicted molar refractivity (Wildman–Crippen MR) is 72.6 cm³/mol. The fraction of sp³-hybridized carbons (Fsp3) is 0.133. The van der Waals surface area contributed by atoms with E-state index in [9.17, 15) is 18.0 Å². The van der Waals surface area contributed by atoms with Crippen LogP contribution in [0.2, 0.25) is 0 Å². The van der Waals surface area contributed by atoms with Crippen LogP contribution in [0.1, 0.15) is 15.9 Å². The Kier molecular flexibility index (Phi) is 3.88. The summed E-state index contributed by atoms with van der Waals surface area (Å²) in [5.74, 6) is -0.579. The number of nitrogens with two attached hydrogens (primary N) is 1.